The minimum Gasteiger partial charge on any atom is -0.490 e. The summed E-state index contributed by atoms with van der Waals surface area (Å²) in [5, 5.41) is 0. The first-order valence-electron chi connectivity index (χ1n) is 6.72. The highest BCUT2D eigenvalue weighted by atomic mass is 16.5. The number of amides is 1. The molecule has 1 aromatic rings. The van der Waals surface area contributed by atoms with Crippen molar-refractivity contribution < 1.29 is 14.3 Å². The lowest BCUT2D eigenvalue weighted by atomic mass is 10.2. The van der Waals surface area contributed by atoms with Crippen molar-refractivity contribution >= 4 is 12.0 Å². The number of carbonyl (C=O) groups is 1. The molecule has 0 bridgehead atoms. The molecule has 5 heteroatoms. The third-order valence-corrected chi connectivity index (χ3v) is 2.74. The molecule has 0 aliphatic carbocycles. The van der Waals surface area contributed by atoms with Crippen LogP contribution in [0.1, 0.15) is 32.8 Å². The van der Waals surface area contributed by atoms with E-state index in [0.29, 0.717) is 18.1 Å². The Morgan fingerprint density at radius 1 is 1.40 bits per heavy atom. The quantitative estimate of drug-likeness (QED) is 0.347. The Hall–Kier alpha value is -2.01. The first kappa shape index (κ1) is 16.0. The Morgan fingerprint density at radius 3 is 2.75 bits per heavy atom. The minimum atomic E-state index is -0.358. The van der Waals surface area contributed by atoms with Gasteiger partial charge in [0.15, 0.2) is 11.5 Å². The van der Waals surface area contributed by atoms with Crippen molar-refractivity contribution in [2.24, 2.45) is 5.84 Å². The van der Waals surface area contributed by atoms with Crippen LogP contribution in [0.2, 0.25) is 0 Å². The van der Waals surface area contributed by atoms with Gasteiger partial charge in [-0.25, -0.2) is 5.84 Å². The Morgan fingerprint density at radius 2 is 2.15 bits per heavy atom. The van der Waals surface area contributed by atoms with Crippen molar-refractivity contribution in [1.82, 2.24) is 5.43 Å². The van der Waals surface area contributed by atoms with Crippen LogP contribution in [-0.4, -0.2) is 18.6 Å². The minimum absolute atomic E-state index is 0.124. The van der Waals surface area contributed by atoms with Crippen molar-refractivity contribution in [2.45, 2.75) is 33.3 Å². The molecule has 0 spiro atoms. The Bertz CT molecular complexity index is 472. The molecular formula is C15H22N2O3. The van der Waals surface area contributed by atoms with E-state index in [4.69, 9.17) is 15.3 Å². The second-order valence-corrected chi connectivity index (χ2v) is 4.32. The molecule has 0 aliphatic rings. The summed E-state index contributed by atoms with van der Waals surface area (Å²) in [6.45, 7) is 6.54. The molecule has 5 nitrogen and oxygen atoms in total. The van der Waals surface area contributed by atoms with E-state index in [1.807, 2.05) is 37.5 Å². The lowest BCUT2D eigenvalue weighted by molar-refractivity contribution is -0.116. The van der Waals surface area contributed by atoms with E-state index in [2.05, 4.69) is 6.92 Å². The van der Waals surface area contributed by atoms with E-state index in [9.17, 15) is 4.79 Å². The average Bonchev–Trinajstić information content (AvgIpc) is 2.47. The normalized spacial score (nSPS) is 12.2. The van der Waals surface area contributed by atoms with Gasteiger partial charge in [0.05, 0.1) is 12.7 Å². The van der Waals surface area contributed by atoms with Crippen LogP contribution in [0.3, 0.4) is 0 Å². The van der Waals surface area contributed by atoms with Crippen LogP contribution in [-0.2, 0) is 4.79 Å². The number of nitrogens with one attached hydrogen (secondary N) is 1. The molecule has 1 aromatic carbocycles. The number of hydrogen-bond donors (Lipinski definition) is 2. The van der Waals surface area contributed by atoms with Crippen LogP contribution in [0, 0.1) is 0 Å². The first-order chi connectivity index (χ1) is 9.60. The van der Waals surface area contributed by atoms with Crippen LogP contribution in [0.4, 0.5) is 0 Å². The van der Waals surface area contributed by atoms with Gasteiger partial charge < -0.3 is 9.47 Å². The summed E-state index contributed by atoms with van der Waals surface area (Å²) in [5.74, 6) is 6.03. The second kappa shape index (κ2) is 8.22. The van der Waals surface area contributed by atoms with Crippen molar-refractivity contribution in [2.75, 3.05) is 6.61 Å². The van der Waals surface area contributed by atoms with Crippen molar-refractivity contribution in [3.63, 3.8) is 0 Å². The predicted octanol–water partition coefficient (Wildman–Crippen LogP) is 2.27. The zero-order chi connectivity index (χ0) is 15.0. The fourth-order valence-electron chi connectivity index (χ4n) is 1.51. The third-order valence-electron chi connectivity index (χ3n) is 2.74. The molecule has 0 radical (unpaired) electrons. The molecule has 1 rings (SSSR count). The van der Waals surface area contributed by atoms with Crippen molar-refractivity contribution in [1.29, 1.82) is 0 Å². The van der Waals surface area contributed by atoms with Gasteiger partial charge in [-0.05, 0) is 44.0 Å². The number of rotatable bonds is 7. The highest BCUT2D eigenvalue weighted by molar-refractivity contribution is 5.91. The number of carbonyl (C=O) groups excluding carboxylic acids is 1. The SMILES string of the molecule is CCOc1cc(/C=C/C(=O)NN)ccc1O[C@@H](C)CC. The molecule has 20 heavy (non-hydrogen) atoms. The van der Waals surface area contributed by atoms with E-state index in [1.54, 1.807) is 6.08 Å². The molecule has 0 aliphatic heterocycles. The molecule has 0 aromatic heterocycles. The van der Waals surface area contributed by atoms with Gasteiger partial charge in [0.2, 0.25) is 0 Å². The van der Waals surface area contributed by atoms with Gasteiger partial charge in [0, 0.05) is 6.08 Å². The maximum atomic E-state index is 11.1. The van der Waals surface area contributed by atoms with E-state index >= 15 is 0 Å². The van der Waals surface area contributed by atoms with Crippen molar-refractivity contribution in [3.05, 3.63) is 29.8 Å². The van der Waals surface area contributed by atoms with Gasteiger partial charge in [-0.2, -0.15) is 0 Å². The predicted molar refractivity (Wildman–Crippen MR) is 79.4 cm³/mol. The van der Waals surface area contributed by atoms with Gasteiger partial charge >= 0.3 is 0 Å². The van der Waals surface area contributed by atoms with Crippen LogP contribution >= 0.6 is 0 Å². The summed E-state index contributed by atoms with van der Waals surface area (Å²) < 4.78 is 11.4. The van der Waals surface area contributed by atoms with E-state index < -0.39 is 0 Å². The van der Waals surface area contributed by atoms with E-state index in [1.165, 1.54) is 6.08 Å². The summed E-state index contributed by atoms with van der Waals surface area (Å²) >= 11 is 0. The number of ether oxygens (including phenoxy) is 2. The standard InChI is InChI=1S/C15H22N2O3/c1-4-11(3)20-13-8-6-12(7-9-15(18)17-16)10-14(13)19-5-2/h6-11H,4-5,16H2,1-3H3,(H,17,18)/b9-7+/t11-/m0/s1. The molecule has 1 amide bonds. The maximum absolute atomic E-state index is 11.1. The Labute approximate surface area is 119 Å². The van der Waals surface area contributed by atoms with Gasteiger partial charge in [-0.15, -0.1) is 0 Å². The lowest BCUT2D eigenvalue weighted by Crippen LogP contribution is -2.27. The topological polar surface area (TPSA) is 73.6 Å². The van der Waals surface area contributed by atoms with E-state index in [-0.39, 0.29) is 12.0 Å². The molecule has 0 unspecified atom stereocenters. The van der Waals surface area contributed by atoms with Crippen LogP contribution in [0.5, 0.6) is 11.5 Å². The zero-order valence-corrected chi connectivity index (χ0v) is 12.2. The van der Waals surface area contributed by atoms with Crippen molar-refractivity contribution in [3.8, 4) is 11.5 Å². The smallest absolute Gasteiger partial charge is 0.257 e. The second-order valence-electron chi connectivity index (χ2n) is 4.32. The van der Waals surface area contributed by atoms with Crippen LogP contribution in [0.15, 0.2) is 24.3 Å². The number of hydrazine groups is 1. The van der Waals surface area contributed by atoms with E-state index in [0.717, 1.165) is 12.0 Å². The molecule has 0 saturated carbocycles. The zero-order valence-electron chi connectivity index (χ0n) is 12.2. The number of benzene rings is 1. The molecule has 1 atom stereocenters. The highest BCUT2D eigenvalue weighted by Crippen LogP contribution is 2.30. The third kappa shape index (κ3) is 4.93. The molecule has 3 N–H and O–H groups in total. The fraction of sp³-hybridized carbons (Fsp3) is 0.400. The fourth-order valence-corrected chi connectivity index (χ4v) is 1.51. The Balaban J connectivity index is 2.94. The highest BCUT2D eigenvalue weighted by Gasteiger charge is 2.08. The van der Waals surface area contributed by atoms with Crippen LogP contribution < -0.4 is 20.7 Å². The molecule has 0 fully saturated rings. The molecule has 0 heterocycles. The summed E-state index contributed by atoms with van der Waals surface area (Å²) in [6.07, 6.45) is 4.07. The molecular weight excluding hydrogens is 256 g/mol. The van der Waals surface area contributed by atoms with Gasteiger partial charge in [0.25, 0.3) is 5.91 Å². The van der Waals surface area contributed by atoms with Gasteiger partial charge in [-0.3, -0.25) is 10.2 Å². The lowest BCUT2D eigenvalue weighted by Gasteiger charge is -2.16. The molecule has 110 valence electrons. The number of hydrogen-bond acceptors (Lipinski definition) is 4. The largest absolute Gasteiger partial charge is 0.490 e. The molecule has 0 saturated heterocycles. The summed E-state index contributed by atoms with van der Waals surface area (Å²) in [7, 11) is 0. The first-order valence-corrected chi connectivity index (χ1v) is 6.72. The summed E-state index contributed by atoms with van der Waals surface area (Å²) in [4.78, 5) is 11.1. The van der Waals surface area contributed by atoms with Crippen LogP contribution in [0.25, 0.3) is 6.08 Å². The Kier molecular flexibility index (Phi) is 6.59. The summed E-state index contributed by atoms with van der Waals surface area (Å²) in [5.41, 5.74) is 2.88. The maximum Gasteiger partial charge on any atom is 0.257 e. The average molecular weight is 278 g/mol. The summed E-state index contributed by atoms with van der Waals surface area (Å²) in [6, 6.07) is 5.54. The van der Waals surface area contributed by atoms with Gasteiger partial charge in [-0.1, -0.05) is 13.0 Å². The monoisotopic (exact) mass is 278 g/mol. The van der Waals surface area contributed by atoms with Gasteiger partial charge in [0.1, 0.15) is 0 Å². The number of nitrogens with two attached hydrogens (primary N) is 1.